The Bertz CT molecular complexity index is 580. The molecule has 0 aliphatic carbocycles. The molecular weight excluding hydrogens is 320 g/mol. The minimum atomic E-state index is -1.69. The van der Waals surface area contributed by atoms with Crippen LogP contribution >= 0.6 is 0 Å². The van der Waals surface area contributed by atoms with Gasteiger partial charge in [0.25, 0.3) is 0 Å². The van der Waals surface area contributed by atoms with Crippen molar-refractivity contribution >= 4 is 20.0 Å². The summed E-state index contributed by atoms with van der Waals surface area (Å²) in [6.45, 7) is 20.6. The van der Waals surface area contributed by atoms with Crippen molar-refractivity contribution in [3.8, 4) is 5.75 Å². The first-order chi connectivity index (χ1) is 11.0. The van der Waals surface area contributed by atoms with E-state index in [1.54, 1.807) is 0 Å². The van der Waals surface area contributed by atoms with Crippen LogP contribution < -0.4 is 4.74 Å². The van der Waals surface area contributed by atoms with Gasteiger partial charge in [0.15, 0.2) is 8.32 Å². The maximum absolute atomic E-state index is 8.12. The van der Waals surface area contributed by atoms with Crippen molar-refractivity contribution in [2.45, 2.75) is 52.8 Å². The fourth-order valence-corrected chi connectivity index (χ4v) is 2.79. The lowest BCUT2D eigenvalue weighted by atomic mass is 10.1. The van der Waals surface area contributed by atoms with Gasteiger partial charge in [0.2, 0.25) is 0 Å². The first-order valence-electron chi connectivity index (χ1n) is 7.99. The molecule has 0 bridgehead atoms. The van der Waals surface area contributed by atoms with Gasteiger partial charge in [-0.05, 0) is 49.2 Å². The number of aryl methyl sites for hydroxylation is 1. The zero-order valence-electron chi connectivity index (χ0n) is 16.0. The summed E-state index contributed by atoms with van der Waals surface area (Å²) in [7, 11) is -1.69. The van der Waals surface area contributed by atoms with Gasteiger partial charge in [-0.3, -0.25) is 0 Å². The lowest BCUT2D eigenvalue weighted by Gasteiger charge is -2.36. The molecule has 1 aromatic rings. The van der Waals surface area contributed by atoms with Crippen LogP contribution in [0.1, 0.15) is 38.8 Å². The van der Waals surface area contributed by atoms with Crippen LogP contribution in [0, 0.1) is 6.92 Å². The molecule has 0 radical (unpaired) electrons. The van der Waals surface area contributed by atoms with E-state index in [1.807, 2.05) is 6.92 Å². The Morgan fingerprint density at radius 1 is 1.21 bits per heavy atom. The van der Waals surface area contributed by atoms with Crippen LogP contribution in [-0.2, 0) is 14.0 Å². The summed E-state index contributed by atoms with van der Waals surface area (Å²) in [5.74, 6) is 0.904. The van der Waals surface area contributed by atoms with E-state index >= 15 is 0 Å². The highest BCUT2D eigenvalue weighted by molar-refractivity contribution is 6.74. The van der Waals surface area contributed by atoms with Gasteiger partial charge in [-0.15, -0.1) is 0 Å². The van der Waals surface area contributed by atoms with Crippen molar-refractivity contribution in [1.82, 2.24) is 0 Å². The molecule has 1 rings (SSSR count). The van der Waals surface area contributed by atoms with E-state index in [0.29, 0.717) is 13.2 Å². The topological polar surface area (TPSA) is 52.6 Å². The molecule has 0 unspecified atom stereocenters. The SMILES string of the molecule is C=C(C)c1ccc(C)cc1OCCO[Si](C)(C)C(C)(C)C.O=C=O. The molecule has 0 aromatic heterocycles. The van der Waals surface area contributed by atoms with Crippen molar-refractivity contribution in [3.05, 3.63) is 35.9 Å². The summed E-state index contributed by atoms with van der Waals surface area (Å²) >= 11 is 0. The Labute approximate surface area is 147 Å². The Morgan fingerprint density at radius 2 is 1.75 bits per heavy atom. The lowest BCUT2D eigenvalue weighted by Crippen LogP contribution is -2.41. The predicted octanol–water partition coefficient (Wildman–Crippen LogP) is 4.85. The molecule has 4 nitrogen and oxygen atoms in total. The van der Waals surface area contributed by atoms with Crippen LogP contribution in [0.2, 0.25) is 18.1 Å². The van der Waals surface area contributed by atoms with E-state index in [2.05, 4.69) is 65.6 Å². The van der Waals surface area contributed by atoms with Crippen molar-refractivity contribution in [2.75, 3.05) is 13.2 Å². The molecule has 1 aromatic carbocycles. The largest absolute Gasteiger partial charge is 0.491 e. The number of hydrogen-bond donors (Lipinski definition) is 0. The van der Waals surface area contributed by atoms with Gasteiger partial charge < -0.3 is 9.16 Å². The normalized spacial score (nSPS) is 11.1. The second-order valence-electron chi connectivity index (χ2n) is 7.32. The van der Waals surface area contributed by atoms with Gasteiger partial charge >= 0.3 is 6.15 Å². The average Bonchev–Trinajstić information content (AvgIpc) is 2.43. The zero-order valence-corrected chi connectivity index (χ0v) is 17.0. The van der Waals surface area contributed by atoms with Crippen LogP contribution in [0.25, 0.3) is 5.57 Å². The van der Waals surface area contributed by atoms with Crippen LogP contribution in [0.3, 0.4) is 0 Å². The predicted molar refractivity (Wildman–Crippen MR) is 99.5 cm³/mol. The van der Waals surface area contributed by atoms with E-state index < -0.39 is 8.32 Å². The molecule has 0 spiro atoms. The standard InChI is InChI=1S/C18H30O2Si.CO2/c1-14(2)16-10-9-15(3)13-17(16)19-11-12-20-21(7,8)18(4,5)6;2-1-3/h9-10,13H,1,11-12H2,2-8H3;. The smallest absolute Gasteiger partial charge is 0.373 e. The number of rotatable bonds is 6. The molecule has 0 saturated heterocycles. The maximum atomic E-state index is 8.12. The quantitative estimate of drug-likeness (QED) is 0.544. The Balaban J connectivity index is 0.00000163. The summed E-state index contributed by atoms with van der Waals surface area (Å²) in [4.78, 5) is 16.2. The van der Waals surface area contributed by atoms with Gasteiger partial charge in [0.05, 0.1) is 6.61 Å². The monoisotopic (exact) mass is 350 g/mol. The molecule has 0 atom stereocenters. The summed E-state index contributed by atoms with van der Waals surface area (Å²) in [5.41, 5.74) is 3.29. The molecule has 0 saturated carbocycles. The number of ether oxygens (including phenoxy) is 1. The summed E-state index contributed by atoms with van der Waals surface area (Å²) in [5, 5.41) is 0.235. The molecule has 0 N–H and O–H groups in total. The van der Waals surface area contributed by atoms with Crippen LogP contribution in [0.5, 0.6) is 5.75 Å². The minimum absolute atomic E-state index is 0.235. The molecule has 0 heterocycles. The van der Waals surface area contributed by atoms with Crippen LogP contribution in [0.4, 0.5) is 0 Å². The lowest BCUT2D eigenvalue weighted by molar-refractivity contribution is -0.191. The summed E-state index contributed by atoms with van der Waals surface area (Å²) < 4.78 is 12.1. The van der Waals surface area contributed by atoms with Gasteiger partial charge in [-0.25, -0.2) is 0 Å². The van der Waals surface area contributed by atoms with E-state index in [9.17, 15) is 0 Å². The molecule has 5 heteroatoms. The van der Waals surface area contributed by atoms with E-state index in [1.165, 1.54) is 5.56 Å². The highest BCUT2D eigenvalue weighted by atomic mass is 28.4. The van der Waals surface area contributed by atoms with Gasteiger partial charge in [-0.2, -0.15) is 9.59 Å². The molecule has 0 aliphatic rings. The highest BCUT2D eigenvalue weighted by Gasteiger charge is 2.36. The Morgan fingerprint density at radius 3 is 2.21 bits per heavy atom. The van der Waals surface area contributed by atoms with E-state index in [4.69, 9.17) is 18.8 Å². The van der Waals surface area contributed by atoms with Crippen molar-refractivity contribution in [2.24, 2.45) is 0 Å². The number of carbonyl (C=O) groups excluding carboxylic acids is 2. The van der Waals surface area contributed by atoms with Gasteiger partial charge in [-0.1, -0.05) is 39.5 Å². The minimum Gasteiger partial charge on any atom is -0.491 e. The van der Waals surface area contributed by atoms with Gasteiger partial charge in [0, 0.05) is 5.56 Å². The maximum Gasteiger partial charge on any atom is 0.373 e. The summed E-state index contributed by atoms with van der Waals surface area (Å²) in [6.07, 6.45) is 0.250. The zero-order chi connectivity index (χ0) is 19.0. The Hall–Kier alpha value is -1.68. The molecular formula is C19H30O4Si. The molecule has 24 heavy (non-hydrogen) atoms. The molecule has 134 valence electrons. The van der Waals surface area contributed by atoms with Crippen molar-refractivity contribution in [1.29, 1.82) is 0 Å². The third kappa shape index (κ3) is 7.26. The third-order valence-corrected chi connectivity index (χ3v) is 8.75. The van der Waals surface area contributed by atoms with Crippen molar-refractivity contribution in [3.63, 3.8) is 0 Å². The molecule has 0 aliphatic heterocycles. The second-order valence-corrected chi connectivity index (χ2v) is 12.1. The molecule has 0 amide bonds. The molecule has 0 fully saturated rings. The van der Waals surface area contributed by atoms with E-state index in [-0.39, 0.29) is 11.2 Å². The van der Waals surface area contributed by atoms with Crippen LogP contribution in [0.15, 0.2) is 24.8 Å². The third-order valence-electron chi connectivity index (χ3n) is 4.21. The fraction of sp³-hybridized carbons (Fsp3) is 0.526. The second kappa shape index (κ2) is 9.57. The van der Waals surface area contributed by atoms with Gasteiger partial charge in [0.1, 0.15) is 12.4 Å². The van der Waals surface area contributed by atoms with E-state index in [0.717, 1.165) is 16.9 Å². The Kier molecular flexibility index (Phi) is 8.90. The van der Waals surface area contributed by atoms with Crippen molar-refractivity contribution < 1.29 is 18.8 Å². The van der Waals surface area contributed by atoms with Crippen LogP contribution in [-0.4, -0.2) is 27.7 Å². The number of hydrogen-bond acceptors (Lipinski definition) is 4. The fourth-order valence-electron chi connectivity index (χ4n) is 1.77. The first kappa shape index (κ1) is 22.3. The summed E-state index contributed by atoms with van der Waals surface area (Å²) in [6, 6.07) is 6.22. The first-order valence-corrected chi connectivity index (χ1v) is 10.9. The number of allylic oxidation sites excluding steroid dienone is 1. The number of benzene rings is 1. The highest BCUT2D eigenvalue weighted by Crippen LogP contribution is 2.36. The average molecular weight is 351 g/mol.